The van der Waals surface area contributed by atoms with E-state index in [1.165, 1.54) is 14.2 Å². The lowest BCUT2D eigenvalue weighted by Crippen LogP contribution is -2.34. The van der Waals surface area contributed by atoms with Gasteiger partial charge in [-0.1, -0.05) is 0 Å². The van der Waals surface area contributed by atoms with Gasteiger partial charge in [-0.25, -0.2) is 13.6 Å². The van der Waals surface area contributed by atoms with Crippen LogP contribution in [0.2, 0.25) is 0 Å². The lowest BCUT2D eigenvalue weighted by atomic mass is 9.94. The van der Waals surface area contributed by atoms with Crippen LogP contribution in [0.4, 0.5) is 18.6 Å². The molecule has 3 amide bonds. The van der Waals surface area contributed by atoms with E-state index in [1.807, 2.05) is 0 Å². The Balaban J connectivity index is 1.64. The molecule has 10 nitrogen and oxygen atoms in total. The van der Waals surface area contributed by atoms with Crippen molar-refractivity contribution in [2.45, 2.75) is 25.9 Å². The van der Waals surface area contributed by atoms with Crippen molar-refractivity contribution in [3.63, 3.8) is 0 Å². The first-order valence-corrected chi connectivity index (χ1v) is 11.8. The number of rotatable bonds is 10. The van der Waals surface area contributed by atoms with Gasteiger partial charge in [-0.2, -0.15) is 4.37 Å². The number of nitrogens with zero attached hydrogens (tertiary/aromatic N) is 2. The molecule has 1 aliphatic rings. The quantitative estimate of drug-likeness (QED) is 0.446. The predicted octanol–water partition coefficient (Wildman–Crippen LogP) is 2.97. The maximum atomic E-state index is 14.6. The molecule has 1 fully saturated rings. The molecule has 0 aliphatic carbocycles. The number of halogens is 2. The number of nitrogens with two attached hydrogens (primary N) is 1. The maximum Gasteiger partial charge on any atom is 0.319 e. The summed E-state index contributed by atoms with van der Waals surface area (Å²) >= 11 is 0.763. The topological polar surface area (TPSA) is 128 Å². The SMILES string of the molecule is COc1cc(OC)c(F)c(COc2nsc(NC(=O)NCCC3CCN(C)CC3)c2C(N)=O)c1F. The molecule has 0 atom stereocenters. The van der Waals surface area contributed by atoms with Crippen LogP contribution in [-0.4, -0.2) is 62.1 Å². The van der Waals surface area contributed by atoms with Crippen molar-refractivity contribution in [1.29, 1.82) is 0 Å². The Hall–Kier alpha value is -3.19. The van der Waals surface area contributed by atoms with Gasteiger partial charge in [0.1, 0.15) is 17.2 Å². The number of piperidine rings is 1. The summed E-state index contributed by atoms with van der Waals surface area (Å²) in [5.41, 5.74) is 4.77. The summed E-state index contributed by atoms with van der Waals surface area (Å²) in [6.45, 7) is 1.93. The largest absolute Gasteiger partial charge is 0.494 e. The first-order chi connectivity index (χ1) is 16.7. The van der Waals surface area contributed by atoms with E-state index in [0.29, 0.717) is 12.5 Å². The highest BCUT2D eigenvalue weighted by Crippen LogP contribution is 2.34. The van der Waals surface area contributed by atoms with Crippen LogP contribution in [0.3, 0.4) is 0 Å². The van der Waals surface area contributed by atoms with Crippen molar-refractivity contribution in [1.82, 2.24) is 14.6 Å². The van der Waals surface area contributed by atoms with Crippen LogP contribution in [0, 0.1) is 17.6 Å². The van der Waals surface area contributed by atoms with Crippen molar-refractivity contribution in [3.8, 4) is 17.4 Å². The Kier molecular flexibility index (Phi) is 9.04. The fraction of sp³-hybridized carbons (Fsp3) is 0.500. The predicted molar refractivity (Wildman–Crippen MR) is 126 cm³/mol. The lowest BCUT2D eigenvalue weighted by Gasteiger charge is -2.28. The second-order valence-corrected chi connectivity index (χ2v) is 8.92. The van der Waals surface area contributed by atoms with Crippen LogP contribution >= 0.6 is 11.5 Å². The summed E-state index contributed by atoms with van der Waals surface area (Å²) in [6.07, 6.45) is 3.02. The number of carbonyl (C=O) groups is 2. The molecule has 0 bridgehead atoms. The molecule has 1 aromatic carbocycles. The van der Waals surface area contributed by atoms with E-state index in [0.717, 1.165) is 50.0 Å². The molecule has 0 saturated carbocycles. The van der Waals surface area contributed by atoms with Crippen LogP contribution in [0.15, 0.2) is 6.07 Å². The molecule has 1 saturated heterocycles. The van der Waals surface area contributed by atoms with Crippen molar-refractivity contribution in [2.24, 2.45) is 11.7 Å². The molecule has 0 radical (unpaired) electrons. The van der Waals surface area contributed by atoms with E-state index in [1.54, 1.807) is 0 Å². The minimum atomic E-state index is -0.982. The summed E-state index contributed by atoms with van der Waals surface area (Å²) in [5.74, 6) is -3.08. The number of anilines is 1. The molecule has 0 spiro atoms. The van der Waals surface area contributed by atoms with Crippen molar-refractivity contribution >= 4 is 28.5 Å². The molecule has 0 unspecified atom stereocenters. The minimum absolute atomic E-state index is 0.0634. The molecule has 13 heteroatoms. The van der Waals surface area contributed by atoms with Crippen LogP contribution in [0.1, 0.15) is 35.2 Å². The molecule has 35 heavy (non-hydrogen) atoms. The van der Waals surface area contributed by atoms with E-state index in [2.05, 4.69) is 27.0 Å². The number of ether oxygens (including phenoxy) is 3. The highest BCUT2D eigenvalue weighted by atomic mass is 32.1. The van der Waals surface area contributed by atoms with E-state index < -0.39 is 35.7 Å². The molecule has 2 aromatic rings. The number of nitrogens with one attached hydrogen (secondary N) is 2. The molecule has 192 valence electrons. The van der Waals surface area contributed by atoms with Gasteiger partial charge in [0.25, 0.3) is 5.91 Å². The van der Waals surface area contributed by atoms with Gasteiger partial charge in [0.15, 0.2) is 23.1 Å². The number of urea groups is 1. The van der Waals surface area contributed by atoms with Crippen LogP contribution in [-0.2, 0) is 6.61 Å². The van der Waals surface area contributed by atoms with E-state index >= 15 is 0 Å². The smallest absolute Gasteiger partial charge is 0.319 e. The Bertz CT molecular complexity index is 1030. The molecular formula is C22H29F2N5O5S. The van der Waals surface area contributed by atoms with Crippen LogP contribution in [0.5, 0.6) is 17.4 Å². The summed E-state index contributed by atoms with van der Waals surface area (Å²) in [5, 5.41) is 5.37. The summed E-state index contributed by atoms with van der Waals surface area (Å²) < 4.78 is 48.3. The zero-order valence-corrected chi connectivity index (χ0v) is 20.6. The van der Waals surface area contributed by atoms with Gasteiger partial charge >= 0.3 is 6.03 Å². The standard InChI is InChI=1S/C22H29F2N5O5S/c1-29-8-5-12(6-9-29)4-7-26-22(31)27-21-16(19(25)30)20(28-35-21)34-11-13-17(23)14(32-2)10-15(33-3)18(13)24/h10,12H,4-9,11H2,1-3H3,(H2,25,30)(H2,26,27,31). The number of benzene rings is 1. The number of hydrogen-bond acceptors (Lipinski definition) is 8. The molecule has 3 rings (SSSR count). The van der Waals surface area contributed by atoms with E-state index in [4.69, 9.17) is 19.9 Å². The van der Waals surface area contributed by atoms with Crippen LogP contribution < -0.4 is 30.6 Å². The van der Waals surface area contributed by atoms with Gasteiger partial charge < -0.3 is 30.2 Å². The van der Waals surface area contributed by atoms with Crippen molar-refractivity contribution < 1.29 is 32.6 Å². The maximum absolute atomic E-state index is 14.6. The Morgan fingerprint density at radius 2 is 1.83 bits per heavy atom. The fourth-order valence-electron chi connectivity index (χ4n) is 3.77. The first-order valence-electron chi connectivity index (χ1n) is 11.0. The molecule has 4 N–H and O–H groups in total. The highest BCUT2D eigenvalue weighted by Gasteiger charge is 2.25. The summed E-state index contributed by atoms with van der Waals surface area (Å²) in [4.78, 5) is 26.6. The lowest BCUT2D eigenvalue weighted by molar-refractivity contribution is 0.0996. The van der Waals surface area contributed by atoms with Gasteiger partial charge in [-0.15, -0.1) is 0 Å². The number of methoxy groups -OCH3 is 2. The van der Waals surface area contributed by atoms with E-state index in [-0.39, 0.29) is 27.9 Å². The van der Waals surface area contributed by atoms with Gasteiger partial charge in [0, 0.05) is 12.6 Å². The molecule has 1 aliphatic heterocycles. The Morgan fingerprint density at radius 1 is 1.20 bits per heavy atom. The Labute approximate surface area is 205 Å². The molecule has 2 heterocycles. The second-order valence-electron chi connectivity index (χ2n) is 8.15. The number of aromatic nitrogens is 1. The average molecular weight is 514 g/mol. The third kappa shape index (κ3) is 6.48. The Morgan fingerprint density at radius 3 is 2.40 bits per heavy atom. The van der Waals surface area contributed by atoms with Gasteiger partial charge in [0.2, 0.25) is 5.88 Å². The molecular weight excluding hydrogens is 484 g/mol. The first kappa shape index (κ1) is 26.4. The highest BCUT2D eigenvalue weighted by molar-refractivity contribution is 7.11. The number of primary amides is 1. The second kappa shape index (κ2) is 12.0. The number of likely N-dealkylation sites (tertiary alicyclic amines) is 1. The van der Waals surface area contributed by atoms with Crippen molar-refractivity contribution in [3.05, 3.63) is 28.8 Å². The summed E-state index contributed by atoms with van der Waals surface area (Å²) in [6, 6.07) is 0.546. The fourth-order valence-corrected chi connectivity index (χ4v) is 4.50. The minimum Gasteiger partial charge on any atom is -0.494 e. The van der Waals surface area contributed by atoms with Crippen molar-refractivity contribution in [2.75, 3.05) is 46.2 Å². The normalized spacial score (nSPS) is 14.4. The third-order valence-corrected chi connectivity index (χ3v) is 6.57. The zero-order chi connectivity index (χ0) is 25.5. The van der Waals surface area contributed by atoms with Gasteiger partial charge in [-0.05, 0) is 56.9 Å². The van der Waals surface area contributed by atoms with Crippen LogP contribution in [0.25, 0.3) is 0 Å². The number of carbonyl (C=O) groups excluding carboxylic acids is 2. The third-order valence-electron chi connectivity index (χ3n) is 5.83. The average Bonchev–Trinajstić information content (AvgIpc) is 3.23. The van der Waals surface area contributed by atoms with E-state index in [9.17, 15) is 18.4 Å². The number of hydrogen-bond donors (Lipinski definition) is 3. The molecule has 1 aromatic heterocycles. The summed E-state index contributed by atoms with van der Waals surface area (Å²) in [7, 11) is 4.54. The number of amides is 3. The van der Waals surface area contributed by atoms with Gasteiger partial charge in [-0.3, -0.25) is 10.1 Å². The zero-order valence-electron chi connectivity index (χ0n) is 19.8. The van der Waals surface area contributed by atoms with Gasteiger partial charge in [0.05, 0.1) is 19.8 Å². The monoisotopic (exact) mass is 513 g/mol.